The third kappa shape index (κ3) is 6.33. The molecule has 0 radical (unpaired) electrons. The van der Waals surface area contributed by atoms with Gasteiger partial charge in [-0.1, -0.05) is 30.3 Å². The van der Waals surface area contributed by atoms with E-state index in [1.165, 1.54) is 16.0 Å². The summed E-state index contributed by atoms with van der Waals surface area (Å²) in [6, 6.07) is 12.9. The maximum absolute atomic E-state index is 5.87. The SMILES string of the molecule is CCNC(=NCc1ccccc1CN1CC(C)OC(C)C1)NCc1cccs1. The van der Waals surface area contributed by atoms with Gasteiger partial charge in [0.1, 0.15) is 0 Å². The number of nitrogens with zero attached hydrogens (tertiary/aromatic N) is 2. The third-order valence-electron chi connectivity index (χ3n) is 4.77. The zero-order chi connectivity index (χ0) is 19.8. The zero-order valence-corrected chi connectivity index (χ0v) is 18.0. The Morgan fingerprint density at radius 2 is 1.86 bits per heavy atom. The predicted molar refractivity (Wildman–Crippen MR) is 118 cm³/mol. The van der Waals surface area contributed by atoms with Crippen molar-refractivity contribution in [1.82, 2.24) is 15.5 Å². The average Bonchev–Trinajstić information content (AvgIpc) is 3.18. The molecule has 1 fully saturated rings. The Labute approximate surface area is 172 Å². The minimum atomic E-state index is 0.288. The maximum Gasteiger partial charge on any atom is 0.191 e. The minimum Gasteiger partial charge on any atom is -0.373 e. The number of thiophene rings is 1. The van der Waals surface area contributed by atoms with Crippen LogP contribution in [-0.4, -0.2) is 42.7 Å². The Kier molecular flexibility index (Phi) is 7.89. The summed E-state index contributed by atoms with van der Waals surface area (Å²) in [5, 5.41) is 8.87. The Balaban J connectivity index is 1.64. The van der Waals surface area contributed by atoms with Crippen molar-refractivity contribution in [2.75, 3.05) is 19.6 Å². The van der Waals surface area contributed by atoms with Crippen LogP contribution in [0.25, 0.3) is 0 Å². The molecule has 0 spiro atoms. The number of guanidine groups is 1. The molecule has 0 bridgehead atoms. The Bertz CT molecular complexity index is 737. The molecule has 2 aromatic rings. The molecule has 5 nitrogen and oxygen atoms in total. The summed E-state index contributed by atoms with van der Waals surface area (Å²) in [6.07, 6.45) is 0.575. The largest absolute Gasteiger partial charge is 0.373 e. The molecule has 6 heteroatoms. The molecule has 1 aliphatic heterocycles. The first-order chi connectivity index (χ1) is 13.6. The van der Waals surface area contributed by atoms with Gasteiger partial charge in [-0.25, -0.2) is 4.99 Å². The third-order valence-corrected chi connectivity index (χ3v) is 5.65. The van der Waals surface area contributed by atoms with E-state index in [-0.39, 0.29) is 12.2 Å². The molecule has 2 N–H and O–H groups in total. The van der Waals surface area contributed by atoms with Gasteiger partial charge in [-0.2, -0.15) is 0 Å². The molecule has 2 atom stereocenters. The lowest BCUT2D eigenvalue weighted by molar-refractivity contribution is -0.0705. The average molecular weight is 401 g/mol. The molecule has 1 aromatic carbocycles. The number of morpholine rings is 1. The van der Waals surface area contributed by atoms with E-state index >= 15 is 0 Å². The highest BCUT2D eigenvalue weighted by Gasteiger charge is 2.22. The Morgan fingerprint density at radius 1 is 1.11 bits per heavy atom. The van der Waals surface area contributed by atoms with Crippen LogP contribution in [0.4, 0.5) is 0 Å². The van der Waals surface area contributed by atoms with Gasteiger partial charge in [0.05, 0.1) is 25.3 Å². The molecule has 1 saturated heterocycles. The lowest BCUT2D eigenvalue weighted by atomic mass is 10.1. The van der Waals surface area contributed by atoms with Crippen molar-refractivity contribution in [3.63, 3.8) is 0 Å². The first-order valence-corrected chi connectivity index (χ1v) is 11.0. The normalized spacial score (nSPS) is 20.9. The first-order valence-electron chi connectivity index (χ1n) is 10.1. The summed E-state index contributed by atoms with van der Waals surface area (Å²) in [5.74, 6) is 0.860. The van der Waals surface area contributed by atoms with E-state index in [9.17, 15) is 0 Å². The van der Waals surface area contributed by atoms with Crippen molar-refractivity contribution < 1.29 is 4.74 Å². The highest BCUT2D eigenvalue weighted by molar-refractivity contribution is 7.09. The molecule has 0 saturated carbocycles. The molecular weight excluding hydrogens is 368 g/mol. The van der Waals surface area contributed by atoms with Crippen molar-refractivity contribution in [2.45, 2.75) is 52.6 Å². The molecular formula is C22H32N4OS. The fourth-order valence-corrected chi connectivity index (χ4v) is 4.25. The van der Waals surface area contributed by atoms with E-state index in [0.29, 0.717) is 6.54 Å². The van der Waals surface area contributed by atoms with Gasteiger partial charge in [-0.05, 0) is 43.3 Å². The summed E-state index contributed by atoms with van der Waals surface area (Å²) in [7, 11) is 0. The number of hydrogen-bond acceptors (Lipinski definition) is 4. The summed E-state index contributed by atoms with van der Waals surface area (Å²) in [5.41, 5.74) is 2.63. The van der Waals surface area contributed by atoms with Crippen LogP contribution >= 0.6 is 11.3 Å². The van der Waals surface area contributed by atoms with Gasteiger partial charge in [0.15, 0.2) is 5.96 Å². The number of nitrogens with one attached hydrogen (secondary N) is 2. The Hall–Kier alpha value is -1.89. The fourth-order valence-electron chi connectivity index (χ4n) is 3.61. The monoisotopic (exact) mass is 400 g/mol. The fraction of sp³-hybridized carbons (Fsp3) is 0.500. The molecule has 3 rings (SSSR count). The summed E-state index contributed by atoms with van der Waals surface area (Å²) < 4.78 is 5.87. The van der Waals surface area contributed by atoms with Crippen molar-refractivity contribution >= 4 is 17.3 Å². The summed E-state index contributed by atoms with van der Waals surface area (Å²) in [6.45, 7) is 11.6. The van der Waals surface area contributed by atoms with Crippen LogP contribution in [0.2, 0.25) is 0 Å². The number of ether oxygens (including phenoxy) is 1. The molecule has 2 heterocycles. The van der Waals surface area contributed by atoms with Gasteiger partial charge in [-0.3, -0.25) is 4.90 Å². The number of benzene rings is 1. The van der Waals surface area contributed by atoms with Gasteiger partial charge >= 0.3 is 0 Å². The second kappa shape index (κ2) is 10.6. The van der Waals surface area contributed by atoms with Crippen molar-refractivity contribution in [3.8, 4) is 0 Å². The molecule has 1 aliphatic rings. The number of hydrogen-bond donors (Lipinski definition) is 2. The number of aliphatic imine (C=N–C) groups is 1. The topological polar surface area (TPSA) is 48.9 Å². The second-order valence-corrected chi connectivity index (χ2v) is 8.38. The van der Waals surface area contributed by atoms with Crippen LogP contribution in [0.5, 0.6) is 0 Å². The lowest BCUT2D eigenvalue weighted by Crippen LogP contribution is -2.44. The highest BCUT2D eigenvalue weighted by Crippen LogP contribution is 2.17. The summed E-state index contributed by atoms with van der Waals surface area (Å²) in [4.78, 5) is 8.62. The van der Waals surface area contributed by atoms with E-state index in [1.54, 1.807) is 11.3 Å². The van der Waals surface area contributed by atoms with Gasteiger partial charge in [0.25, 0.3) is 0 Å². The van der Waals surface area contributed by atoms with Gasteiger partial charge in [0.2, 0.25) is 0 Å². The van der Waals surface area contributed by atoms with E-state index in [4.69, 9.17) is 9.73 Å². The van der Waals surface area contributed by atoms with E-state index in [1.807, 2.05) is 0 Å². The lowest BCUT2D eigenvalue weighted by Gasteiger charge is -2.35. The first kappa shape index (κ1) is 20.8. The highest BCUT2D eigenvalue weighted by atomic mass is 32.1. The number of rotatable bonds is 7. The minimum absolute atomic E-state index is 0.288. The smallest absolute Gasteiger partial charge is 0.191 e. The van der Waals surface area contributed by atoms with E-state index in [0.717, 1.165) is 38.7 Å². The van der Waals surface area contributed by atoms with Crippen LogP contribution in [0.15, 0.2) is 46.8 Å². The van der Waals surface area contributed by atoms with Crippen molar-refractivity contribution in [2.24, 2.45) is 4.99 Å². The standard InChI is InChI=1S/C22H32N4OS/c1-4-23-22(25-13-21-10-7-11-28-21)24-12-19-8-5-6-9-20(19)16-26-14-17(2)27-18(3)15-26/h5-11,17-18H,4,12-16H2,1-3H3,(H2,23,24,25). The quantitative estimate of drug-likeness (QED) is 0.551. The van der Waals surface area contributed by atoms with Gasteiger partial charge < -0.3 is 15.4 Å². The molecule has 1 aromatic heterocycles. The Morgan fingerprint density at radius 3 is 2.54 bits per heavy atom. The van der Waals surface area contributed by atoms with Crippen LogP contribution in [0.1, 0.15) is 36.8 Å². The molecule has 2 unspecified atom stereocenters. The van der Waals surface area contributed by atoms with Crippen LogP contribution in [0.3, 0.4) is 0 Å². The predicted octanol–water partition coefficient (Wildman–Crippen LogP) is 3.61. The van der Waals surface area contributed by atoms with E-state index in [2.05, 4.69) is 78.1 Å². The zero-order valence-electron chi connectivity index (χ0n) is 17.1. The maximum atomic E-state index is 5.87. The van der Waals surface area contributed by atoms with Crippen LogP contribution in [0, 0.1) is 0 Å². The van der Waals surface area contributed by atoms with E-state index < -0.39 is 0 Å². The van der Waals surface area contributed by atoms with Crippen LogP contribution < -0.4 is 10.6 Å². The van der Waals surface area contributed by atoms with Gasteiger partial charge in [-0.15, -0.1) is 11.3 Å². The van der Waals surface area contributed by atoms with Crippen molar-refractivity contribution in [3.05, 3.63) is 57.8 Å². The van der Waals surface area contributed by atoms with Gasteiger partial charge in [0, 0.05) is 31.1 Å². The molecule has 152 valence electrons. The molecule has 28 heavy (non-hydrogen) atoms. The summed E-state index contributed by atoms with van der Waals surface area (Å²) >= 11 is 1.76. The molecule has 0 aliphatic carbocycles. The van der Waals surface area contributed by atoms with Crippen LogP contribution in [-0.2, 0) is 24.4 Å². The second-order valence-electron chi connectivity index (χ2n) is 7.35. The van der Waals surface area contributed by atoms with Crippen molar-refractivity contribution in [1.29, 1.82) is 0 Å². The molecule has 0 amide bonds.